The fourth-order valence-electron chi connectivity index (χ4n) is 1.87. The van der Waals surface area contributed by atoms with Gasteiger partial charge in [0, 0.05) is 5.56 Å². The van der Waals surface area contributed by atoms with Gasteiger partial charge >= 0.3 is 5.97 Å². The van der Waals surface area contributed by atoms with Crippen molar-refractivity contribution in [3.63, 3.8) is 0 Å². The van der Waals surface area contributed by atoms with Crippen molar-refractivity contribution in [1.29, 1.82) is 0 Å². The van der Waals surface area contributed by atoms with Crippen molar-refractivity contribution < 1.29 is 14.7 Å². The van der Waals surface area contributed by atoms with E-state index in [4.69, 9.17) is 0 Å². The lowest BCUT2D eigenvalue weighted by Gasteiger charge is -2.25. The maximum absolute atomic E-state index is 12.3. The Kier molecular flexibility index (Phi) is 4.73. The molecule has 1 heterocycles. The van der Waals surface area contributed by atoms with E-state index in [2.05, 4.69) is 20.7 Å². The molecule has 1 aromatic carbocycles. The highest BCUT2D eigenvalue weighted by Crippen LogP contribution is 2.15. The molecule has 0 aliphatic carbocycles. The number of rotatable bonds is 6. The van der Waals surface area contributed by atoms with E-state index in [9.17, 15) is 14.7 Å². The second-order valence-electron chi connectivity index (χ2n) is 5.46. The summed E-state index contributed by atoms with van der Waals surface area (Å²) in [5.41, 5.74) is -0.538. The first-order chi connectivity index (χ1) is 10.9. The molecule has 2 aromatic rings. The van der Waals surface area contributed by atoms with Crippen LogP contribution >= 0.6 is 0 Å². The van der Waals surface area contributed by atoms with Crippen molar-refractivity contribution in [2.45, 2.75) is 38.8 Å². The molecule has 0 saturated carbocycles. The van der Waals surface area contributed by atoms with Gasteiger partial charge in [0.25, 0.3) is 0 Å². The minimum absolute atomic E-state index is 0.265. The van der Waals surface area contributed by atoms with Gasteiger partial charge in [-0.2, -0.15) is 4.80 Å². The van der Waals surface area contributed by atoms with Gasteiger partial charge in [-0.1, -0.05) is 37.3 Å². The van der Waals surface area contributed by atoms with E-state index in [-0.39, 0.29) is 6.42 Å². The van der Waals surface area contributed by atoms with Crippen molar-refractivity contribution in [1.82, 2.24) is 25.5 Å². The summed E-state index contributed by atoms with van der Waals surface area (Å²) < 4.78 is 0. The first-order valence-electron chi connectivity index (χ1n) is 7.27. The van der Waals surface area contributed by atoms with Crippen LogP contribution in [0.5, 0.6) is 0 Å². The minimum Gasteiger partial charge on any atom is -0.480 e. The molecular weight excluding hydrogens is 298 g/mol. The van der Waals surface area contributed by atoms with Crippen molar-refractivity contribution in [2.75, 3.05) is 0 Å². The Morgan fingerprint density at radius 2 is 2.00 bits per heavy atom. The quantitative estimate of drug-likeness (QED) is 0.830. The van der Waals surface area contributed by atoms with Gasteiger partial charge in [0.1, 0.15) is 11.6 Å². The van der Waals surface area contributed by atoms with Crippen LogP contribution in [0.2, 0.25) is 0 Å². The molecule has 0 bridgehead atoms. The number of carbonyl (C=O) groups excluding carboxylic acids is 1. The molecule has 0 fully saturated rings. The van der Waals surface area contributed by atoms with Crippen LogP contribution in [-0.4, -0.2) is 42.7 Å². The highest BCUT2D eigenvalue weighted by Gasteiger charge is 2.34. The van der Waals surface area contributed by atoms with E-state index in [0.717, 1.165) is 5.56 Å². The predicted octanol–water partition coefficient (Wildman–Crippen LogP) is 1.27. The standard InChI is InChI=1S/C15H19N5O3/c1-4-15(3,14(22)23)16-13(21)10(2)20-18-12(17-19-20)11-8-6-5-7-9-11/h5-10H,4H2,1-3H3,(H,16,21)(H,22,23). The van der Waals surface area contributed by atoms with Gasteiger partial charge in [-0.25, -0.2) is 4.79 Å². The largest absolute Gasteiger partial charge is 0.480 e. The summed E-state index contributed by atoms with van der Waals surface area (Å²) in [5.74, 6) is -1.16. The molecule has 1 amide bonds. The molecule has 23 heavy (non-hydrogen) atoms. The van der Waals surface area contributed by atoms with Crippen molar-refractivity contribution in [3.05, 3.63) is 30.3 Å². The second-order valence-corrected chi connectivity index (χ2v) is 5.46. The van der Waals surface area contributed by atoms with Crippen LogP contribution < -0.4 is 5.32 Å². The number of nitrogens with zero attached hydrogens (tertiary/aromatic N) is 4. The number of carboxylic acid groups (broad SMARTS) is 1. The van der Waals surface area contributed by atoms with Crippen LogP contribution in [0.3, 0.4) is 0 Å². The third-order valence-electron chi connectivity index (χ3n) is 3.76. The Labute approximate surface area is 133 Å². The first kappa shape index (κ1) is 16.6. The first-order valence-corrected chi connectivity index (χ1v) is 7.27. The van der Waals surface area contributed by atoms with E-state index in [0.29, 0.717) is 5.82 Å². The van der Waals surface area contributed by atoms with Crippen LogP contribution in [0, 0.1) is 0 Å². The van der Waals surface area contributed by atoms with Crippen molar-refractivity contribution in [3.8, 4) is 11.4 Å². The Bertz CT molecular complexity index is 700. The molecule has 1 aromatic heterocycles. The zero-order valence-corrected chi connectivity index (χ0v) is 13.2. The molecule has 2 unspecified atom stereocenters. The average Bonchev–Trinajstić information content (AvgIpc) is 3.04. The Hall–Kier alpha value is -2.77. The lowest BCUT2D eigenvalue weighted by atomic mass is 9.99. The molecule has 122 valence electrons. The highest BCUT2D eigenvalue weighted by atomic mass is 16.4. The molecule has 0 aliphatic heterocycles. The van der Waals surface area contributed by atoms with E-state index in [1.54, 1.807) is 13.8 Å². The number of benzene rings is 1. The molecule has 0 saturated heterocycles. The zero-order valence-electron chi connectivity index (χ0n) is 13.2. The zero-order chi connectivity index (χ0) is 17.0. The number of hydrogen-bond acceptors (Lipinski definition) is 5. The summed E-state index contributed by atoms with van der Waals surface area (Å²) in [5, 5.41) is 23.7. The maximum atomic E-state index is 12.3. The summed E-state index contributed by atoms with van der Waals surface area (Å²) >= 11 is 0. The number of aliphatic carboxylic acids is 1. The number of carboxylic acids is 1. The number of hydrogen-bond donors (Lipinski definition) is 2. The van der Waals surface area contributed by atoms with Crippen LogP contribution in [0.25, 0.3) is 11.4 Å². The Morgan fingerprint density at radius 3 is 2.57 bits per heavy atom. The summed E-state index contributed by atoms with van der Waals surface area (Å²) in [6.07, 6.45) is 0.265. The van der Waals surface area contributed by atoms with E-state index < -0.39 is 23.5 Å². The number of nitrogens with one attached hydrogen (secondary N) is 1. The molecule has 2 N–H and O–H groups in total. The Balaban J connectivity index is 2.15. The van der Waals surface area contributed by atoms with Gasteiger partial charge in [-0.3, -0.25) is 4.79 Å². The fraction of sp³-hybridized carbons (Fsp3) is 0.400. The van der Waals surface area contributed by atoms with Crippen molar-refractivity contribution in [2.24, 2.45) is 0 Å². The van der Waals surface area contributed by atoms with Gasteiger partial charge < -0.3 is 10.4 Å². The fourth-order valence-corrected chi connectivity index (χ4v) is 1.87. The number of tetrazole rings is 1. The van der Waals surface area contributed by atoms with Crippen molar-refractivity contribution >= 4 is 11.9 Å². The van der Waals surface area contributed by atoms with Crippen LogP contribution in [0.4, 0.5) is 0 Å². The monoisotopic (exact) mass is 317 g/mol. The predicted molar refractivity (Wildman–Crippen MR) is 82.4 cm³/mol. The number of aromatic nitrogens is 4. The van der Waals surface area contributed by atoms with Gasteiger partial charge in [0.05, 0.1) is 0 Å². The molecule has 0 aliphatic rings. The van der Waals surface area contributed by atoms with Gasteiger partial charge in [-0.05, 0) is 25.5 Å². The summed E-state index contributed by atoms with van der Waals surface area (Å²) in [6, 6.07) is 8.49. The highest BCUT2D eigenvalue weighted by molar-refractivity contribution is 5.88. The van der Waals surface area contributed by atoms with E-state index in [1.165, 1.54) is 11.7 Å². The van der Waals surface area contributed by atoms with Gasteiger partial charge in [0.15, 0.2) is 0 Å². The maximum Gasteiger partial charge on any atom is 0.329 e. The molecule has 0 spiro atoms. The average molecular weight is 317 g/mol. The van der Waals surface area contributed by atoms with Gasteiger partial charge in [0.2, 0.25) is 11.7 Å². The van der Waals surface area contributed by atoms with Gasteiger partial charge in [-0.15, -0.1) is 10.2 Å². The summed E-state index contributed by atoms with van der Waals surface area (Å²) in [4.78, 5) is 24.7. The number of carbonyl (C=O) groups is 2. The minimum atomic E-state index is -1.33. The molecule has 2 atom stereocenters. The van der Waals surface area contributed by atoms with Crippen LogP contribution in [-0.2, 0) is 9.59 Å². The molecule has 8 heteroatoms. The summed E-state index contributed by atoms with van der Waals surface area (Å²) in [7, 11) is 0. The van der Waals surface area contributed by atoms with E-state index >= 15 is 0 Å². The molecule has 8 nitrogen and oxygen atoms in total. The topological polar surface area (TPSA) is 110 Å². The molecule has 0 radical (unpaired) electrons. The van der Waals surface area contributed by atoms with E-state index in [1.807, 2.05) is 30.3 Å². The normalized spacial score (nSPS) is 14.7. The third-order valence-corrected chi connectivity index (χ3v) is 3.76. The molecule has 2 rings (SSSR count). The van der Waals surface area contributed by atoms with Crippen LogP contribution in [0.15, 0.2) is 30.3 Å². The SMILES string of the molecule is CCC(C)(NC(=O)C(C)n1nnc(-c2ccccc2)n1)C(=O)O. The molecular formula is C15H19N5O3. The summed E-state index contributed by atoms with van der Waals surface area (Å²) in [6.45, 7) is 4.74. The lowest BCUT2D eigenvalue weighted by molar-refractivity contribution is -0.147. The smallest absolute Gasteiger partial charge is 0.329 e. The second kappa shape index (κ2) is 6.55. The van der Waals surface area contributed by atoms with Crippen LogP contribution in [0.1, 0.15) is 33.2 Å². The number of amides is 1. The Morgan fingerprint density at radius 1 is 1.35 bits per heavy atom. The third kappa shape index (κ3) is 3.53. The lowest BCUT2D eigenvalue weighted by Crippen LogP contribution is -2.53.